The predicted molar refractivity (Wildman–Crippen MR) is 119 cm³/mol. The summed E-state index contributed by atoms with van der Waals surface area (Å²) in [5.41, 5.74) is 1.53. The van der Waals surface area contributed by atoms with Crippen LogP contribution in [-0.2, 0) is 16.1 Å². The molecule has 4 amide bonds. The zero-order valence-electron chi connectivity index (χ0n) is 17.7. The maximum absolute atomic E-state index is 13.0. The lowest BCUT2D eigenvalue weighted by Crippen LogP contribution is -2.49. The Morgan fingerprint density at radius 2 is 2.03 bits per heavy atom. The lowest BCUT2D eigenvalue weighted by molar-refractivity contribution is -0.137. The van der Waals surface area contributed by atoms with Crippen LogP contribution < -0.4 is 16.3 Å². The van der Waals surface area contributed by atoms with Crippen molar-refractivity contribution in [3.8, 4) is 0 Å². The van der Waals surface area contributed by atoms with Crippen molar-refractivity contribution in [1.82, 2.24) is 25.3 Å². The monoisotopic (exact) mass is 465 g/mol. The first kappa shape index (κ1) is 23.1. The van der Waals surface area contributed by atoms with E-state index in [1.807, 2.05) is 13.8 Å². The van der Waals surface area contributed by atoms with Crippen LogP contribution >= 0.6 is 23.4 Å². The number of hydrogen-bond donors (Lipinski definition) is 2. The topological polar surface area (TPSA) is 113 Å². The molecule has 2 heterocycles. The molecular formula is C20H24ClN5O4S. The van der Waals surface area contributed by atoms with E-state index in [-0.39, 0.29) is 17.2 Å². The lowest BCUT2D eigenvalue weighted by atomic mass is 10.00. The molecule has 1 fully saturated rings. The van der Waals surface area contributed by atoms with Gasteiger partial charge in [0.05, 0.1) is 16.7 Å². The molecule has 1 aliphatic rings. The zero-order valence-corrected chi connectivity index (χ0v) is 19.3. The van der Waals surface area contributed by atoms with Crippen molar-refractivity contribution in [3.05, 3.63) is 33.6 Å². The third kappa shape index (κ3) is 4.69. The van der Waals surface area contributed by atoms with Gasteiger partial charge in [0.15, 0.2) is 5.16 Å². The fourth-order valence-electron chi connectivity index (χ4n) is 3.12. The van der Waals surface area contributed by atoms with Crippen molar-refractivity contribution < 1.29 is 14.4 Å². The molecular weight excluding hydrogens is 442 g/mol. The average molecular weight is 466 g/mol. The average Bonchev–Trinajstić information content (AvgIpc) is 2.92. The Labute approximate surface area is 188 Å². The number of hydrazine groups is 1. The number of imide groups is 1. The fraction of sp³-hybridized carbons (Fsp3) is 0.450. The van der Waals surface area contributed by atoms with Gasteiger partial charge in [-0.3, -0.25) is 24.4 Å². The summed E-state index contributed by atoms with van der Waals surface area (Å²) in [5, 5.41) is 4.48. The summed E-state index contributed by atoms with van der Waals surface area (Å²) in [6, 6.07) is 4.20. The molecule has 166 valence electrons. The Morgan fingerprint density at radius 3 is 2.65 bits per heavy atom. The second-order valence-corrected chi connectivity index (χ2v) is 9.32. The summed E-state index contributed by atoms with van der Waals surface area (Å²) >= 11 is 7.09. The molecule has 2 aromatic rings. The summed E-state index contributed by atoms with van der Waals surface area (Å²) in [5.74, 6) is -1.04. The smallest absolute Gasteiger partial charge is 0.322 e. The van der Waals surface area contributed by atoms with Gasteiger partial charge in [-0.2, -0.15) is 5.01 Å². The van der Waals surface area contributed by atoms with Crippen LogP contribution in [0.15, 0.2) is 28.2 Å². The van der Waals surface area contributed by atoms with E-state index in [9.17, 15) is 19.2 Å². The molecule has 11 heteroatoms. The second kappa shape index (κ2) is 8.88. The number of rotatable bonds is 7. The van der Waals surface area contributed by atoms with Gasteiger partial charge in [-0.05, 0) is 37.5 Å². The number of nitrogens with one attached hydrogen (secondary N) is 2. The van der Waals surface area contributed by atoms with E-state index in [0.717, 1.165) is 11.8 Å². The van der Waals surface area contributed by atoms with Crippen molar-refractivity contribution in [2.75, 3.05) is 5.75 Å². The quantitative estimate of drug-likeness (QED) is 0.369. The maximum atomic E-state index is 13.0. The fourth-order valence-corrected chi connectivity index (χ4v) is 4.09. The molecule has 0 spiro atoms. The van der Waals surface area contributed by atoms with Crippen molar-refractivity contribution in [1.29, 1.82) is 0 Å². The molecule has 0 bridgehead atoms. The van der Waals surface area contributed by atoms with Crippen LogP contribution in [0.25, 0.3) is 10.9 Å². The highest BCUT2D eigenvalue weighted by Gasteiger charge is 2.47. The van der Waals surface area contributed by atoms with E-state index in [1.54, 1.807) is 32.0 Å². The molecule has 0 aliphatic carbocycles. The maximum Gasteiger partial charge on any atom is 0.344 e. The third-order valence-electron chi connectivity index (χ3n) is 4.97. The number of carbonyl (C=O) groups excluding carboxylic acids is 3. The van der Waals surface area contributed by atoms with Crippen molar-refractivity contribution >= 4 is 52.1 Å². The molecule has 1 unspecified atom stereocenters. The van der Waals surface area contributed by atoms with Gasteiger partial charge in [0, 0.05) is 11.6 Å². The molecule has 1 atom stereocenters. The number of urea groups is 1. The summed E-state index contributed by atoms with van der Waals surface area (Å²) in [6.45, 7) is 7.73. The van der Waals surface area contributed by atoms with E-state index in [1.165, 1.54) is 4.57 Å². The predicted octanol–water partition coefficient (Wildman–Crippen LogP) is 2.55. The number of fused-ring (bicyclic) bond motifs is 1. The van der Waals surface area contributed by atoms with E-state index < -0.39 is 23.4 Å². The van der Waals surface area contributed by atoms with Crippen LogP contribution in [-0.4, -0.2) is 43.7 Å². The summed E-state index contributed by atoms with van der Waals surface area (Å²) in [7, 11) is 0. The Hall–Kier alpha value is -2.59. The minimum Gasteiger partial charge on any atom is -0.322 e. The first-order valence-corrected chi connectivity index (χ1v) is 11.2. The molecule has 31 heavy (non-hydrogen) atoms. The van der Waals surface area contributed by atoms with Crippen LogP contribution in [0.4, 0.5) is 4.79 Å². The number of benzene rings is 1. The molecule has 0 saturated carbocycles. The first-order valence-electron chi connectivity index (χ1n) is 9.84. The summed E-state index contributed by atoms with van der Waals surface area (Å²) in [6.07, 6.45) is 0.394. The van der Waals surface area contributed by atoms with Crippen LogP contribution in [0.5, 0.6) is 0 Å². The number of thioether (sulfide) groups is 1. The second-order valence-electron chi connectivity index (χ2n) is 7.95. The van der Waals surface area contributed by atoms with E-state index >= 15 is 0 Å². The highest BCUT2D eigenvalue weighted by molar-refractivity contribution is 7.99. The highest BCUT2D eigenvalue weighted by Crippen LogP contribution is 2.22. The Morgan fingerprint density at radius 1 is 1.32 bits per heavy atom. The van der Waals surface area contributed by atoms with Gasteiger partial charge in [-0.25, -0.2) is 9.78 Å². The van der Waals surface area contributed by atoms with Crippen molar-refractivity contribution in [2.24, 2.45) is 5.92 Å². The van der Waals surface area contributed by atoms with Gasteiger partial charge in [-0.15, -0.1) is 0 Å². The minimum absolute atomic E-state index is 0.135. The molecule has 1 aromatic heterocycles. The van der Waals surface area contributed by atoms with Crippen molar-refractivity contribution in [3.63, 3.8) is 0 Å². The number of halogens is 1. The van der Waals surface area contributed by atoms with E-state index in [0.29, 0.717) is 39.1 Å². The number of hydrogen-bond acceptors (Lipinski definition) is 6. The Balaban J connectivity index is 1.81. The van der Waals surface area contributed by atoms with E-state index in [4.69, 9.17) is 11.6 Å². The Kier molecular flexibility index (Phi) is 6.61. The SMILES string of the molecule is CCC1(C)NC(=O)N(NC(=O)CSc2nc3ccc(Cl)cc3c(=O)n2CC(C)C)C1=O. The highest BCUT2D eigenvalue weighted by atomic mass is 35.5. The zero-order chi connectivity index (χ0) is 22.9. The van der Waals surface area contributed by atoms with Crippen LogP contribution in [0.1, 0.15) is 34.1 Å². The number of amides is 4. The largest absolute Gasteiger partial charge is 0.344 e. The van der Waals surface area contributed by atoms with Crippen LogP contribution in [0.2, 0.25) is 5.02 Å². The normalized spacial score (nSPS) is 18.7. The van der Waals surface area contributed by atoms with Gasteiger partial charge >= 0.3 is 6.03 Å². The lowest BCUT2D eigenvalue weighted by Gasteiger charge is -2.19. The van der Waals surface area contributed by atoms with Gasteiger partial charge in [0.25, 0.3) is 11.5 Å². The van der Waals surface area contributed by atoms with Gasteiger partial charge in [0.1, 0.15) is 5.54 Å². The first-order chi connectivity index (χ1) is 14.6. The number of nitrogens with zero attached hydrogens (tertiary/aromatic N) is 3. The van der Waals surface area contributed by atoms with Crippen molar-refractivity contribution in [2.45, 2.75) is 51.4 Å². The molecule has 0 radical (unpaired) electrons. The molecule has 1 aromatic carbocycles. The van der Waals surface area contributed by atoms with E-state index in [2.05, 4.69) is 15.7 Å². The Bertz CT molecular complexity index is 1120. The summed E-state index contributed by atoms with van der Waals surface area (Å²) < 4.78 is 1.52. The molecule has 3 rings (SSSR count). The van der Waals surface area contributed by atoms with Gasteiger partial charge in [-0.1, -0.05) is 44.1 Å². The minimum atomic E-state index is -1.05. The molecule has 1 aliphatic heterocycles. The number of aromatic nitrogens is 2. The van der Waals surface area contributed by atoms with Crippen LogP contribution in [0.3, 0.4) is 0 Å². The summed E-state index contributed by atoms with van der Waals surface area (Å²) in [4.78, 5) is 54.5. The van der Waals surface area contributed by atoms with Crippen LogP contribution in [0, 0.1) is 5.92 Å². The van der Waals surface area contributed by atoms with Gasteiger partial charge in [0.2, 0.25) is 5.91 Å². The molecule has 2 N–H and O–H groups in total. The molecule has 1 saturated heterocycles. The molecule has 9 nitrogen and oxygen atoms in total. The third-order valence-corrected chi connectivity index (χ3v) is 6.18. The standard InChI is InChI=1S/C20H24ClN5O4S/c1-5-20(4)17(29)26(18(30)23-20)24-15(27)10-31-19-22-14-7-6-12(21)8-13(14)16(28)25(19)9-11(2)3/h6-8,11H,5,9-10H2,1-4H3,(H,23,30)(H,24,27). The van der Waals surface area contributed by atoms with Gasteiger partial charge < -0.3 is 5.32 Å². The number of carbonyl (C=O) groups is 3.